The van der Waals surface area contributed by atoms with Gasteiger partial charge in [0, 0.05) is 13.3 Å². The van der Waals surface area contributed by atoms with Gasteiger partial charge in [0.15, 0.2) is 5.01 Å². The normalized spacial score (nSPS) is 18.1. The summed E-state index contributed by atoms with van der Waals surface area (Å²) in [5.74, 6) is -0.257. The minimum atomic E-state index is -4.49. The number of thiazole rings is 1. The summed E-state index contributed by atoms with van der Waals surface area (Å²) in [7, 11) is 1.40. The van der Waals surface area contributed by atoms with Crippen LogP contribution < -0.4 is 0 Å². The first-order chi connectivity index (χ1) is 7.93. The third kappa shape index (κ3) is 2.66. The van der Waals surface area contributed by atoms with Gasteiger partial charge >= 0.3 is 6.18 Å². The fraction of sp³-hybridized carbons (Fsp3) is 0.600. The van der Waals surface area contributed by atoms with E-state index in [4.69, 9.17) is 4.74 Å². The van der Waals surface area contributed by atoms with E-state index < -0.39 is 23.1 Å². The molecule has 1 fully saturated rings. The number of Topliss-reactive ketones (excluding diaryl/α,β-unsaturated/α-hetero) is 1. The van der Waals surface area contributed by atoms with Crippen molar-refractivity contribution in [3.63, 3.8) is 0 Å². The molecule has 94 valence electrons. The summed E-state index contributed by atoms with van der Waals surface area (Å²) in [5.41, 5.74) is 0. The molecular formula is C10H10F3NO2S. The molecule has 0 N–H and O–H groups in total. The highest BCUT2D eigenvalue weighted by Gasteiger charge is 2.39. The molecule has 0 bridgehead atoms. The second-order valence-electron chi connectivity index (χ2n) is 3.89. The first-order valence-corrected chi connectivity index (χ1v) is 5.85. The van der Waals surface area contributed by atoms with Crippen LogP contribution in [0.25, 0.3) is 0 Å². The van der Waals surface area contributed by atoms with Crippen molar-refractivity contribution in [2.45, 2.75) is 25.1 Å². The van der Waals surface area contributed by atoms with Crippen LogP contribution in [-0.4, -0.2) is 24.0 Å². The molecule has 17 heavy (non-hydrogen) atoms. The Morgan fingerprint density at radius 2 is 2.24 bits per heavy atom. The number of halogens is 3. The fourth-order valence-corrected chi connectivity index (χ4v) is 2.32. The van der Waals surface area contributed by atoms with Gasteiger partial charge in [-0.1, -0.05) is 0 Å². The molecule has 0 radical (unpaired) electrons. The summed E-state index contributed by atoms with van der Waals surface area (Å²) in [6.45, 7) is 0. The van der Waals surface area contributed by atoms with Crippen LogP contribution in [0.15, 0.2) is 6.20 Å². The maximum Gasteiger partial charge on any atom is 0.443 e. The molecule has 1 unspecified atom stereocenters. The second-order valence-corrected chi connectivity index (χ2v) is 4.92. The van der Waals surface area contributed by atoms with Gasteiger partial charge in [-0.3, -0.25) is 4.79 Å². The van der Waals surface area contributed by atoms with Crippen LogP contribution in [0.2, 0.25) is 0 Å². The summed E-state index contributed by atoms with van der Waals surface area (Å²) >= 11 is 0.371. The van der Waals surface area contributed by atoms with Gasteiger partial charge in [0.25, 0.3) is 0 Å². The molecule has 3 nitrogen and oxygen atoms in total. The lowest BCUT2D eigenvalue weighted by Gasteiger charge is -2.10. The van der Waals surface area contributed by atoms with Crippen LogP contribution in [-0.2, 0) is 10.9 Å². The number of aromatic nitrogens is 1. The van der Waals surface area contributed by atoms with Gasteiger partial charge in [-0.2, -0.15) is 13.2 Å². The molecule has 7 heteroatoms. The molecule has 1 heterocycles. The van der Waals surface area contributed by atoms with Gasteiger partial charge in [0.05, 0.1) is 4.88 Å². The highest BCUT2D eigenvalue weighted by atomic mass is 32.1. The Kier molecular flexibility index (Phi) is 3.22. The number of methoxy groups -OCH3 is 1. The van der Waals surface area contributed by atoms with Crippen molar-refractivity contribution < 1.29 is 22.7 Å². The minimum Gasteiger partial charge on any atom is -0.373 e. The lowest BCUT2D eigenvalue weighted by molar-refractivity contribution is -0.137. The van der Waals surface area contributed by atoms with Gasteiger partial charge < -0.3 is 4.74 Å². The monoisotopic (exact) mass is 265 g/mol. The Labute approximate surface area is 99.6 Å². The van der Waals surface area contributed by atoms with Crippen LogP contribution in [0.1, 0.15) is 27.5 Å². The number of ketones is 1. The molecule has 0 amide bonds. The average Bonchev–Trinajstić information content (AvgIpc) is 2.94. The lowest BCUT2D eigenvalue weighted by Crippen LogP contribution is -2.24. The number of carbonyl (C=O) groups excluding carboxylic acids is 1. The van der Waals surface area contributed by atoms with Crippen LogP contribution in [0, 0.1) is 5.92 Å². The first kappa shape index (κ1) is 12.5. The molecule has 1 aliphatic rings. The summed E-state index contributed by atoms with van der Waals surface area (Å²) in [4.78, 5) is 15.1. The number of rotatable bonds is 4. The fourth-order valence-electron chi connectivity index (χ4n) is 1.57. The number of nitrogens with zero attached hydrogens (tertiary/aromatic N) is 1. The molecule has 0 spiro atoms. The molecule has 2 rings (SSSR count). The molecular weight excluding hydrogens is 255 g/mol. The predicted molar refractivity (Wildman–Crippen MR) is 55.0 cm³/mol. The number of ether oxygens (including phenoxy) is 1. The van der Waals surface area contributed by atoms with Crippen LogP contribution >= 0.6 is 11.3 Å². The third-order valence-corrected chi connectivity index (χ3v) is 3.61. The molecule has 0 aromatic carbocycles. The van der Waals surface area contributed by atoms with Gasteiger partial charge in [0.1, 0.15) is 6.10 Å². The number of hydrogen-bond acceptors (Lipinski definition) is 4. The van der Waals surface area contributed by atoms with E-state index in [-0.39, 0.29) is 10.8 Å². The van der Waals surface area contributed by atoms with Crippen molar-refractivity contribution in [1.29, 1.82) is 0 Å². The zero-order valence-corrected chi connectivity index (χ0v) is 9.77. The topological polar surface area (TPSA) is 39.2 Å². The van der Waals surface area contributed by atoms with Crippen molar-refractivity contribution in [2.24, 2.45) is 5.92 Å². The zero-order chi connectivity index (χ0) is 12.6. The Morgan fingerprint density at radius 1 is 1.59 bits per heavy atom. The van der Waals surface area contributed by atoms with Crippen molar-refractivity contribution in [1.82, 2.24) is 4.98 Å². The molecule has 1 aromatic heterocycles. The van der Waals surface area contributed by atoms with E-state index in [1.165, 1.54) is 7.11 Å². The molecule has 0 aliphatic heterocycles. The average molecular weight is 265 g/mol. The Bertz CT molecular complexity index is 425. The van der Waals surface area contributed by atoms with E-state index in [2.05, 4.69) is 4.98 Å². The van der Waals surface area contributed by atoms with Gasteiger partial charge in [-0.25, -0.2) is 4.98 Å². The van der Waals surface area contributed by atoms with Crippen molar-refractivity contribution in [3.05, 3.63) is 16.1 Å². The summed E-state index contributed by atoms with van der Waals surface area (Å²) in [6.07, 6.45) is -2.38. The number of hydrogen-bond donors (Lipinski definition) is 0. The quantitative estimate of drug-likeness (QED) is 0.786. The molecule has 1 aliphatic carbocycles. The predicted octanol–water partition coefficient (Wildman–Crippen LogP) is 2.77. The zero-order valence-electron chi connectivity index (χ0n) is 8.95. The minimum absolute atomic E-state index is 0.0103. The van der Waals surface area contributed by atoms with E-state index in [1.54, 1.807) is 0 Å². The highest BCUT2D eigenvalue weighted by molar-refractivity contribution is 7.13. The standard InChI is InChI=1S/C10H10F3NO2S/c1-16-8(5-2-3-5)7(15)6-4-14-9(17-6)10(11,12)13/h4-5,8H,2-3H2,1H3. The van der Waals surface area contributed by atoms with Crippen molar-refractivity contribution >= 4 is 17.1 Å². The number of alkyl halides is 3. The van der Waals surface area contributed by atoms with Gasteiger partial charge in [-0.15, -0.1) is 11.3 Å². The van der Waals surface area contributed by atoms with E-state index in [1.807, 2.05) is 0 Å². The van der Waals surface area contributed by atoms with E-state index in [9.17, 15) is 18.0 Å². The van der Waals surface area contributed by atoms with E-state index in [0.717, 1.165) is 19.0 Å². The summed E-state index contributed by atoms with van der Waals surface area (Å²) < 4.78 is 42.0. The molecule has 1 saturated carbocycles. The molecule has 1 atom stereocenters. The first-order valence-electron chi connectivity index (χ1n) is 5.03. The maximum atomic E-state index is 12.3. The Balaban J connectivity index is 2.16. The molecule has 0 saturated heterocycles. The lowest BCUT2D eigenvalue weighted by atomic mass is 10.1. The summed E-state index contributed by atoms with van der Waals surface area (Å²) in [6, 6.07) is 0. The van der Waals surface area contributed by atoms with Crippen LogP contribution in [0.3, 0.4) is 0 Å². The summed E-state index contributed by atoms with van der Waals surface area (Å²) in [5, 5.41) is -0.994. The van der Waals surface area contributed by atoms with Crippen molar-refractivity contribution in [3.8, 4) is 0 Å². The Morgan fingerprint density at radius 3 is 2.65 bits per heavy atom. The van der Waals surface area contributed by atoms with E-state index >= 15 is 0 Å². The van der Waals surface area contributed by atoms with E-state index in [0.29, 0.717) is 11.3 Å². The van der Waals surface area contributed by atoms with Crippen LogP contribution in [0.4, 0.5) is 13.2 Å². The SMILES string of the molecule is COC(C(=O)c1cnc(C(F)(F)F)s1)C1CC1. The van der Waals surface area contributed by atoms with Gasteiger partial charge in [-0.05, 0) is 18.8 Å². The van der Waals surface area contributed by atoms with Crippen molar-refractivity contribution in [2.75, 3.05) is 7.11 Å². The largest absolute Gasteiger partial charge is 0.443 e. The number of carbonyl (C=O) groups is 1. The highest BCUT2D eigenvalue weighted by Crippen LogP contribution is 2.37. The molecule has 1 aromatic rings. The smallest absolute Gasteiger partial charge is 0.373 e. The van der Waals surface area contributed by atoms with Gasteiger partial charge in [0.2, 0.25) is 5.78 Å². The van der Waals surface area contributed by atoms with Crippen LogP contribution in [0.5, 0.6) is 0 Å². The third-order valence-electron chi connectivity index (χ3n) is 2.55. The second kappa shape index (κ2) is 4.38. The maximum absolute atomic E-state index is 12.3. The Hall–Kier alpha value is -0.950.